The van der Waals surface area contributed by atoms with Gasteiger partial charge in [-0.3, -0.25) is 4.79 Å². The summed E-state index contributed by atoms with van der Waals surface area (Å²) in [6.07, 6.45) is 2.06. The van der Waals surface area contributed by atoms with Crippen molar-refractivity contribution in [2.75, 3.05) is 19.4 Å². The lowest BCUT2D eigenvalue weighted by Crippen LogP contribution is -2.38. The van der Waals surface area contributed by atoms with Gasteiger partial charge in [-0.05, 0) is 37.8 Å². The van der Waals surface area contributed by atoms with Gasteiger partial charge in [-0.2, -0.15) is 11.8 Å². The zero-order valence-electron chi connectivity index (χ0n) is 11.2. The molecule has 18 heavy (non-hydrogen) atoms. The Bertz CT molecular complexity index is 376. The molecule has 3 nitrogen and oxygen atoms in total. The number of rotatable bonds is 6. The van der Waals surface area contributed by atoms with Crippen molar-refractivity contribution in [2.24, 2.45) is 0 Å². The standard InChI is InChI=1S/C14H21NO2S/c1-11(2)15(8-9-16)14(17)13-6-4-12(5-7-13)10-18-3/h4-7,11,16H,8-10H2,1-3H3. The van der Waals surface area contributed by atoms with Gasteiger partial charge < -0.3 is 10.0 Å². The summed E-state index contributed by atoms with van der Waals surface area (Å²) in [7, 11) is 0. The smallest absolute Gasteiger partial charge is 0.254 e. The number of thioether (sulfide) groups is 1. The molecule has 0 saturated heterocycles. The molecule has 0 aliphatic heterocycles. The third-order valence-corrected chi connectivity index (χ3v) is 3.36. The quantitative estimate of drug-likeness (QED) is 0.860. The zero-order chi connectivity index (χ0) is 13.5. The van der Waals surface area contributed by atoms with Gasteiger partial charge in [-0.25, -0.2) is 0 Å². The summed E-state index contributed by atoms with van der Waals surface area (Å²) in [5.74, 6) is 0.939. The summed E-state index contributed by atoms with van der Waals surface area (Å²) in [5.41, 5.74) is 1.90. The highest BCUT2D eigenvalue weighted by Gasteiger charge is 2.17. The molecule has 100 valence electrons. The first-order chi connectivity index (χ1) is 8.60. The van der Waals surface area contributed by atoms with E-state index in [2.05, 4.69) is 6.26 Å². The van der Waals surface area contributed by atoms with Crippen LogP contribution in [0.15, 0.2) is 24.3 Å². The van der Waals surface area contributed by atoms with Crippen molar-refractivity contribution in [3.63, 3.8) is 0 Å². The molecule has 1 aromatic rings. The lowest BCUT2D eigenvalue weighted by atomic mass is 10.1. The first kappa shape index (κ1) is 15.1. The van der Waals surface area contributed by atoms with Crippen LogP contribution in [0.3, 0.4) is 0 Å². The van der Waals surface area contributed by atoms with E-state index in [9.17, 15) is 4.79 Å². The molecule has 0 radical (unpaired) electrons. The minimum Gasteiger partial charge on any atom is -0.395 e. The highest BCUT2D eigenvalue weighted by Crippen LogP contribution is 2.13. The maximum atomic E-state index is 12.3. The topological polar surface area (TPSA) is 40.5 Å². The molecule has 0 unspecified atom stereocenters. The molecule has 1 N–H and O–H groups in total. The second kappa shape index (κ2) is 7.44. The summed E-state index contributed by atoms with van der Waals surface area (Å²) >= 11 is 1.76. The maximum Gasteiger partial charge on any atom is 0.254 e. The lowest BCUT2D eigenvalue weighted by molar-refractivity contribution is 0.0665. The summed E-state index contributed by atoms with van der Waals surface area (Å²) in [6.45, 7) is 4.28. The average Bonchev–Trinajstić information content (AvgIpc) is 2.36. The van der Waals surface area contributed by atoms with Crippen LogP contribution in [0, 0.1) is 0 Å². The fourth-order valence-electron chi connectivity index (χ4n) is 1.78. The monoisotopic (exact) mass is 267 g/mol. The molecule has 0 atom stereocenters. The molecule has 1 amide bonds. The normalized spacial score (nSPS) is 10.7. The minimum absolute atomic E-state index is 0.00548. The van der Waals surface area contributed by atoms with Crippen LogP contribution in [-0.2, 0) is 5.75 Å². The van der Waals surface area contributed by atoms with Gasteiger partial charge in [-0.1, -0.05) is 12.1 Å². The van der Waals surface area contributed by atoms with Gasteiger partial charge in [0.1, 0.15) is 0 Å². The summed E-state index contributed by atoms with van der Waals surface area (Å²) in [4.78, 5) is 13.9. The molecule has 0 bridgehead atoms. The van der Waals surface area contributed by atoms with Crippen molar-refractivity contribution in [3.8, 4) is 0 Å². The van der Waals surface area contributed by atoms with Crippen molar-refractivity contribution >= 4 is 17.7 Å². The molecule has 1 aromatic carbocycles. The van der Waals surface area contributed by atoms with E-state index in [0.717, 1.165) is 5.75 Å². The Balaban J connectivity index is 2.81. The van der Waals surface area contributed by atoms with E-state index < -0.39 is 0 Å². The number of hydrogen-bond acceptors (Lipinski definition) is 3. The van der Waals surface area contributed by atoms with Crippen LogP contribution in [0.5, 0.6) is 0 Å². The van der Waals surface area contributed by atoms with Crippen LogP contribution >= 0.6 is 11.8 Å². The Morgan fingerprint density at radius 2 is 1.94 bits per heavy atom. The number of hydrogen-bond donors (Lipinski definition) is 1. The lowest BCUT2D eigenvalue weighted by Gasteiger charge is -2.26. The molecule has 0 fully saturated rings. The summed E-state index contributed by atoms with van der Waals surface area (Å²) < 4.78 is 0. The predicted molar refractivity (Wildman–Crippen MR) is 76.9 cm³/mol. The Labute approximate surface area is 113 Å². The van der Waals surface area contributed by atoms with Gasteiger partial charge in [0.15, 0.2) is 0 Å². The Morgan fingerprint density at radius 1 is 1.33 bits per heavy atom. The van der Waals surface area contributed by atoms with Gasteiger partial charge in [0.2, 0.25) is 0 Å². The largest absolute Gasteiger partial charge is 0.395 e. The van der Waals surface area contributed by atoms with Crippen LogP contribution in [-0.4, -0.2) is 41.4 Å². The Kier molecular flexibility index (Phi) is 6.22. The molecule has 0 spiro atoms. The predicted octanol–water partition coefficient (Wildman–Crippen LogP) is 2.39. The van der Waals surface area contributed by atoms with Gasteiger partial charge in [0.25, 0.3) is 5.91 Å². The zero-order valence-corrected chi connectivity index (χ0v) is 12.0. The summed E-state index contributed by atoms with van der Waals surface area (Å²) in [6, 6.07) is 7.79. The molecule has 0 heterocycles. The number of aliphatic hydroxyl groups excluding tert-OH is 1. The highest BCUT2D eigenvalue weighted by atomic mass is 32.2. The van der Waals surface area contributed by atoms with Crippen molar-refractivity contribution < 1.29 is 9.90 Å². The van der Waals surface area contributed by atoms with Crippen molar-refractivity contribution in [3.05, 3.63) is 35.4 Å². The molecule has 1 rings (SSSR count). The van der Waals surface area contributed by atoms with Crippen molar-refractivity contribution in [1.82, 2.24) is 4.90 Å². The fourth-order valence-corrected chi connectivity index (χ4v) is 2.30. The van der Waals surface area contributed by atoms with Gasteiger partial charge >= 0.3 is 0 Å². The average molecular weight is 267 g/mol. The molecule has 4 heteroatoms. The van der Waals surface area contributed by atoms with Crippen LogP contribution in [0.25, 0.3) is 0 Å². The van der Waals surface area contributed by atoms with Gasteiger partial charge in [0, 0.05) is 23.9 Å². The van der Waals surface area contributed by atoms with Gasteiger partial charge in [-0.15, -0.1) is 0 Å². The summed E-state index contributed by atoms with van der Waals surface area (Å²) in [5, 5.41) is 9.00. The molecule has 0 saturated carbocycles. The van der Waals surface area contributed by atoms with Crippen LogP contribution in [0.2, 0.25) is 0 Å². The molecule has 0 aromatic heterocycles. The van der Waals surface area contributed by atoms with Crippen molar-refractivity contribution in [1.29, 1.82) is 0 Å². The van der Waals surface area contributed by atoms with E-state index in [1.165, 1.54) is 5.56 Å². The van der Waals surface area contributed by atoms with E-state index >= 15 is 0 Å². The van der Waals surface area contributed by atoms with Crippen LogP contribution in [0.4, 0.5) is 0 Å². The Morgan fingerprint density at radius 3 is 2.39 bits per heavy atom. The number of carbonyl (C=O) groups is 1. The van der Waals surface area contributed by atoms with E-state index in [1.807, 2.05) is 38.1 Å². The first-order valence-electron chi connectivity index (χ1n) is 6.09. The number of nitrogens with zero attached hydrogens (tertiary/aromatic N) is 1. The minimum atomic E-state index is -0.0187. The van der Waals surface area contributed by atoms with E-state index in [1.54, 1.807) is 16.7 Å². The third-order valence-electron chi connectivity index (χ3n) is 2.74. The van der Waals surface area contributed by atoms with E-state index in [0.29, 0.717) is 12.1 Å². The first-order valence-corrected chi connectivity index (χ1v) is 7.49. The Hall–Kier alpha value is -1.00. The SMILES string of the molecule is CSCc1ccc(C(=O)N(CCO)C(C)C)cc1. The second-order valence-electron chi connectivity index (χ2n) is 4.45. The highest BCUT2D eigenvalue weighted by molar-refractivity contribution is 7.97. The number of carbonyl (C=O) groups excluding carboxylic acids is 1. The van der Waals surface area contributed by atoms with Crippen molar-refractivity contribution in [2.45, 2.75) is 25.6 Å². The number of amides is 1. The van der Waals surface area contributed by atoms with Crippen LogP contribution in [0.1, 0.15) is 29.8 Å². The second-order valence-corrected chi connectivity index (χ2v) is 5.31. The molecular weight excluding hydrogens is 246 g/mol. The third kappa shape index (κ3) is 4.03. The molecule has 0 aliphatic carbocycles. The fraction of sp³-hybridized carbons (Fsp3) is 0.500. The van der Waals surface area contributed by atoms with Gasteiger partial charge in [0.05, 0.1) is 6.61 Å². The number of benzene rings is 1. The van der Waals surface area contributed by atoms with E-state index in [4.69, 9.17) is 5.11 Å². The molecular formula is C14H21NO2S. The number of aliphatic hydroxyl groups is 1. The maximum absolute atomic E-state index is 12.3. The van der Waals surface area contributed by atoms with E-state index in [-0.39, 0.29) is 18.6 Å². The molecule has 0 aliphatic rings. The van der Waals surface area contributed by atoms with Crippen LogP contribution < -0.4 is 0 Å².